The van der Waals surface area contributed by atoms with Gasteiger partial charge in [0.15, 0.2) is 0 Å². The first-order chi connectivity index (χ1) is 10.6. The van der Waals surface area contributed by atoms with Crippen molar-refractivity contribution in [3.8, 4) is 5.69 Å². The Morgan fingerprint density at radius 3 is 2.59 bits per heavy atom. The summed E-state index contributed by atoms with van der Waals surface area (Å²) in [5.74, 6) is -0.146. The van der Waals surface area contributed by atoms with E-state index in [1.165, 1.54) is 11.0 Å². The fourth-order valence-corrected chi connectivity index (χ4v) is 2.65. The number of rotatable bonds is 3. The summed E-state index contributed by atoms with van der Waals surface area (Å²) in [6, 6.07) is 13.0. The van der Waals surface area contributed by atoms with E-state index >= 15 is 0 Å². The Balaban J connectivity index is 1.77. The van der Waals surface area contributed by atoms with Crippen molar-refractivity contribution >= 4 is 34.2 Å². The van der Waals surface area contributed by atoms with Crippen LogP contribution in [-0.2, 0) is 0 Å². The number of halogens is 1. The van der Waals surface area contributed by atoms with E-state index in [0.717, 1.165) is 20.5 Å². The molecular weight excluding hydrogens is 393 g/mol. The standard InChI is InChI=1S/C15H12IN5O/c1-10-8-12(16)4-7-14(10)18-15(22)11-2-5-13(6-3-11)21-9-17-19-20-21/h2-9H,1H3,(H,18,22). The zero-order valence-corrected chi connectivity index (χ0v) is 13.9. The highest BCUT2D eigenvalue weighted by Gasteiger charge is 2.08. The molecule has 0 aliphatic carbocycles. The van der Waals surface area contributed by atoms with Crippen LogP contribution in [-0.4, -0.2) is 26.1 Å². The first kappa shape index (κ1) is 14.6. The lowest BCUT2D eigenvalue weighted by Gasteiger charge is -2.09. The van der Waals surface area contributed by atoms with Crippen molar-refractivity contribution in [2.45, 2.75) is 6.92 Å². The Morgan fingerprint density at radius 2 is 1.95 bits per heavy atom. The number of aromatic nitrogens is 4. The van der Waals surface area contributed by atoms with Crippen LogP contribution in [0.4, 0.5) is 5.69 Å². The number of nitrogens with one attached hydrogen (secondary N) is 1. The van der Waals surface area contributed by atoms with Crippen LogP contribution in [0.1, 0.15) is 15.9 Å². The second-order valence-electron chi connectivity index (χ2n) is 4.71. The third-order valence-electron chi connectivity index (χ3n) is 3.18. The summed E-state index contributed by atoms with van der Waals surface area (Å²) >= 11 is 2.24. The molecule has 6 nitrogen and oxygen atoms in total. The third kappa shape index (κ3) is 3.14. The molecule has 1 N–H and O–H groups in total. The molecule has 0 atom stereocenters. The minimum atomic E-state index is -0.146. The number of nitrogens with zero attached hydrogens (tertiary/aromatic N) is 4. The monoisotopic (exact) mass is 405 g/mol. The molecule has 1 amide bonds. The molecule has 0 unspecified atom stereocenters. The van der Waals surface area contributed by atoms with Crippen LogP contribution < -0.4 is 5.32 Å². The summed E-state index contributed by atoms with van der Waals surface area (Å²) in [7, 11) is 0. The predicted molar refractivity (Wildman–Crippen MR) is 91.0 cm³/mol. The van der Waals surface area contributed by atoms with E-state index in [9.17, 15) is 4.79 Å². The molecule has 0 aliphatic rings. The number of aryl methyl sites for hydroxylation is 1. The molecule has 3 rings (SSSR count). The van der Waals surface area contributed by atoms with Crippen molar-refractivity contribution in [2.24, 2.45) is 0 Å². The maximum Gasteiger partial charge on any atom is 0.255 e. The molecule has 0 bridgehead atoms. The van der Waals surface area contributed by atoms with Crippen LogP contribution in [0.5, 0.6) is 0 Å². The fourth-order valence-electron chi connectivity index (χ4n) is 2.01. The van der Waals surface area contributed by atoms with Crippen molar-refractivity contribution in [1.82, 2.24) is 20.2 Å². The molecular formula is C15H12IN5O. The normalized spacial score (nSPS) is 10.5. The maximum absolute atomic E-state index is 12.3. The van der Waals surface area contributed by atoms with E-state index in [-0.39, 0.29) is 5.91 Å². The van der Waals surface area contributed by atoms with E-state index in [4.69, 9.17) is 0 Å². The number of anilines is 1. The number of amides is 1. The van der Waals surface area contributed by atoms with Gasteiger partial charge in [-0.05, 0) is 88.0 Å². The molecule has 110 valence electrons. The fraction of sp³-hybridized carbons (Fsp3) is 0.0667. The van der Waals surface area contributed by atoms with Crippen LogP contribution in [0.2, 0.25) is 0 Å². The first-order valence-electron chi connectivity index (χ1n) is 6.54. The Labute approximate surface area is 140 Å². The molecule has 0 radical (unpaired) electrons. The molecule has 7 heteroatoms. The number of benzene rings is 2. The van der Waals surface area contributed by atoms with E-state index in [1.54, 1.807) is 24.3 Å². The summed E-state index contributed by atoms with van der Waals surface area (Å²) in [4.78, 5) is 12.3. The smallest absolute Gasteiger partial charge is 0.255 e. The van der Waals surface area contributed by atoms with E-state index in [0.29, 0.717) is 5.56 Å². The number of carbonyl (C=O) groups is 1. The highest BCUT2D eigenvalue weighted by Crippen LogP contribution is 2.19. The molecule has 0 spiro atoms. The largest absolute Gasteiger partial charge is 0.322 e. The molecule has 1 heterocycles. The summed E-state index contributed by atoms with van der Waals surface area (Å²) in [6.07, 6.45) is 1.50. The van der Waals surface area contributed by atoms with Gasteiger partial charge in [0.1, 0.15) is 6.33 Å². The molecule has 0 aliphatic heterocycles. The van der Waals surface area contributed by atoms with Crippen molar-refractivity contribution < 1.29 is 4.79 Å². The molecule has 0 saturated carbocycles. The Kier molecular flexibility index (Phi) is 4.14. The average Bonchev–Trinajstić information content (AvgIpc) is 3.04. The molecule has 0 fully saturated rings. The zero-order chi connectivity index (χ0) is 15.5. The van der Waals surface area contributed by atoms with E-state index in [1.807, 2.05) is 25.1 Å². The first-order valence-corrected chi connectivity index (χ1v) is 7.62. The van der Waals surface area contributed by atoms with Gasteiger partial charge in [0, 0.05) is 14.8 Å². The van der Waals surface area contributed by atoms with E-state index < -0.39 is 0 Å². The maximum atomic E-state index is 12.3. The van der Waals surface area contributed by atoms with Gasteiger partial charge in [0.05, 0.1) is 5.69 Å². The molecule has 3 aromatic rings. The van der Waals surface area contributed by atoms with Gasteiger partial charge in [-0.1, -0.05) is 0 Å². The highest BCUT2D eigenvalue weighted by atomic mass is 127. The van der Waals surface area contributed by atoms with Crippen molar-refractivity contribution in [3.05, 3.63) is 63.5 Å². The summed E-state index contributed by atoms with van der Waals surface area (Å²) < 4.78 is 2.67. The van der Waals surface area contributed by atoms with Crippen molar-refractivity contribution in [2.75, 3.05) is 5.32 Å². The number of carbonyl (C=O) groups excluding carboxylic acids is 1. The van der Waals surface area contributed by atoms with E-state index in [2.05, 4.69) is 43.4 Å². The highest BCUT2D eigenvalue weighted by molar-refractivity contribution is 14.1. The number of hydrogen-bond acceptors (Lipinski definition) is 4. The van der Waals surface area contributed by atoms with Crippen LogP contribution in [0.3, 0.4) is 0 Å². The van der Waals surface area contributed by atoms with Gasteiger partial charge in [0.2, 0.25) is 0 Å². The van der Waals surface area contributed by atoms with Crippen molar-refractivity contribution in [3.63, 3.8) is 0 Å². The Hall–Kier alpha value is -2.29. The zero-order valence-electron chi connectivity index (χ0n) is 11.7. The molecule has 22 heavy (non-hydrogen) atoms. The Bertz CT molecular complexity index is 799. The third-order valence-corrected chi connectivity index (χ3v) is 3.85. The van der Waals surface area contributed by atoms with Gasteiger partial charge < -0.3 is 5.32 Å². The van der Waals surface area contributed by atoms with Gasteiger partial charge in [-0.2, -0.15) is 0 Å². The van der Waals surface area contributed by atoms with Crippen LogP contribution in [0, 0.1) is 10.5 Å². The number of hydrogen-bond donors (Lipinski definition) is 1. The lowest BCUT2D eigenvalue weighted by molar-refractivity contribution is 0.102. The second-order valence-corrected chi connectivity index (χ2v) is 5.96. The van der Waals surface area contributed by atoms with Gasteiger partial charge in [-0.25, -0.2) is 4.68 Å². The van der Waals surface area contributed by atoms with Crippen molar-refractivity contribution in [1.29, 1.82) is 0 Å². The lowest BCUT2D eigenvalue weighted by Crippen LogP contribution is -2.13. The lowest BCUT2D eigenvalue weighted by atomic mass is 10.1. The minimum Gasteiger partial charge on any atom is -0.322 e. The predicted octanol–water partition coefficient (Wildman–Crippen LogP) is 2.83. The summed E-state index contributed by atoms with van der Waals surface area (Å²) in [5, 5.41) is 13.9. The van der Waals surface area contributed by atoms with Crippen LogP contribution in [0.15, 0.2) is 48.8 Å². The second kappa shape index (κ2) is 6.22. The molecule has 0 saturated heterocycles. The quantitative estimate of drug-likeness (QED) is 0.681. The summed E-state index contributed by atoms with van der Waals surface area (Å²) in [5.41, 5.74) is 3.22. The Morgan fingerprint density at radius 1 is 1.18 bits per heavy atom. The molecule has 2 aromatic carbocycles. The number of tetrazole rings is 1. The van der Waals surface area contributed by atoms with Crippen LogP contribution >= 0.6 is 22.6 Å². The van der Waals surface area contributed by atoms with Gasteiger partial charge in [-0.15, -0.1) is 5.10 Å². The minimum absolute atomic E-state index is 0.146. The molecule has 1 aromatic heterocycles. The SMILES string of the molecule is Cc1cc(I)ccc1NC(=O)c1ccc(-n2cnnn2)cc1. The van der Waals surface area contributed by atoms with Gasteiger partial charge in [0.25, 0.3) is 5.91 Å². The summed E-state index contributed by atoms with van der Waals surface area (Å²) in [6.45, 7) is 1.97. The van der Waals surface area contributed by atoms with Crippen LogP contribution in [0.25, 0.3) is 5.69 Å². The topological polar surface area (TPSA) is 72.7 Å². The average molecular weight is 405 g/mol. The van der Waals surface area contributed by atoms with Gasteiger partial charge in [-0.3, -0.25) is 4.79 Å². The van der Waals surface area contributed by atoms with Gasteiger partial charge >= 0.3 is 0 Å².